The molecule has 3 rings (SSSR count). The Balaban J connectivity index is 2.13. The van der Waals surface area contributed by atoms with Crippen molar-refractivity contribution in [2.75, 3.05) is 31.6 Å². The van der Waals surface area contributed by atoms with Crippen molar-refractivity contribution in [1.29, 1.82) is 0 Å². The second kappa shape index (κ2) is 4.27. The van der Waals surface area contributed by atoms with Gasteiger partial charge in [0.15, 0.2) is 0 Å². The Morgan fingerprint density at radius 1 is 1.11 bits per heavy atom. The summed E-state index contributed by atoms with van der Waals surface area (Å²) in [5, 5.41) is 3.50. The summed E-state index contributed by atoms with van der Waals surface area (Å²) in [5.41, 5.74) is 6.48. The summed E-state index contributed by atoms with van der Waals surface area (Å²) in [6, 6.07) is 4.95. The van der Waals surface area contributed by atoms with Gasteiger partial charge in [0.2, 0.25) is 0 Å². The summed E-state index contributed by atoms with van der Waals surface area (Å²) in [6.07, 6.45) is 3.62. The van der Waals surface area contributed by atoms with Gasteiger partial charge in [-0.05, 0) is 60.5 Å². The van der Waals surface area contributed by atoms with Crippen LogP contribution in [0.25, 0.3) is 0 Å². The van der Waals surface area contributed by atoms with Gasteiger partial charge in [-0.2, -0.15) is 0 Å². The molecule has 0 aliphatic carbocycles. The Kier molecular flexibility index (Phi) is 2.86. The number of nitrogens with one attached hydrogen (secondary N) is 1. The molecule has 1 aromatic carbocycles. The predicted molar refractivity (Wildman–Crippen MR) is 77.6 cm³/mol. The van der Waals surface area contributed by atoms with Crippen LogP contribution in [0.4, 0.5) is 5.69 Å². The van der Waals surface area contributed by atoms with Gasteiger partial charge in [-0.15, -0.1) is 0 Å². The molecule has 2 aliphatic rings. The van der Waals surface area contributed by atoms with E-state index in [1.54, 1.807) is 16.7 Å². The van der Waals surface area contributed by atoms with Crippen LogP contribution in [0.15, 0.2) is 12.1 Å². The van der Waals surface area contributed by atoms with E-state index in [2.05, 4.69) is 43.2 Å². The van der Waals surface area contributed by atoms with Crippen molar-refractivity contribution in [2.24, 2.45) is 0 Å². The van der Waals surface area contributed by atoms with Gasteiger partial charge in [0.05, 0.1) is 0 Å². The standard InChI is InChI=1S/C16H24N2/c1-16(2)6-9-18(3)15-11-13-5-8-17-7-4-12(13)10-14(15)16/h10-11,17H,4-9H2,1-3H3. The van der Waals surface area contributed by atoms with Crippen LogP contribution >= 0.6 is 0 Å². The highest BCUT2D eigenvalue weighted by Crippen LogP contribution is 2.40. The van der Waals surface area contributed by atoms with Gasteiger partial charge in [-0.3, -0.25) is 0 Å². The number of hydrogen-bond acceptors (Lipinski definition) is 2. The van der Waals surface area contributed by atoms with Gasteiger partial charge in [-0.25, -0.2) is 0 Å². The Morgan fingerprint density at radius 3 is 2.50 bits per heavy atom. The molecular weight excluding hydrogens is 220 g/mol. The molecule has 2 heteroatoms. The van der Waals surface area contributed by atoms with Crippen molar-refractivity contribution in [3.63, 3.8) is 0 Å². The molecule has 0 aromatic heterocycles. The largest absolute Gasteiger partial charge is 0.374 e. The summed E-state index contributed by atoms with van der Waals surface area (Å²) < 4.78 is 0. The minimum Gasteiger partial charge on any atom is -0.374 e. The van der Waals surface area contributed by atoms with E-state index in [0.717, 1.165) is 13.1 Å². The van der Waals surface area contributed by atoms with Crippen molar-refractivity contribution in [3.05, 3.63) is 28.8 Å². The van der Waals surface area contributed by atoms with Crippen LogP contribution in [-0.2, 0) is 18.3 Å². The third-order valence-electron chi connectivity index (χ3n) is 4.67. The Labute approximate surface area is 110 Å². The number of hydrogen-bond donors (Lipinski definition) is 1. The molecule has 0 radical (unpaired) electrons. The number of benzene rings is 1. The van der Waals surface area contributed by atoms with Crippen LogP contribution in [0.5, 0.6) is 0 Å². The van der Waals surface area contributed by atoms with Gasteiger partial charge >= 0.3 is 0 Å². The van der Waals surface area contributed by atoms with E-state index in [0.29, 0.717) is 5.41 Å². The van der Waals surface area contributed by atoms with Crippen molar-refractivity contribution in [1.82, 2.24) is 5.32 Å². The number of anilines is 1. The Morgan fingerprint density at radius 2 is 1.78 bits per heavy atom. The van der Waals surface area contributed by atoms with Crippen LogP contribution in [0.2, 0.25) is 0 Å². The van der Waals surface area contributed by atoms with Crippen LogP contribution in [0, 0.1) is 0 Å². The molecule has 0 bridgehead atoms. The lowest BCUT2D eigenvalue weighted by molar-refractivity contribution is 0.461. The maximum absolute atomic E-state index is 3.50. The topological polar surface area (TPSA) is 15.3 Å². The minimum atomic E-state index is 0.330. The fourth-order valence-electron chi connectivity index (χ4n) is 3.27. The summed E-state index contributed by atoms with van der Waals surface area (Å²) in [4.78, 5) is 2.43. The molecule has 0 saturated heterocycles. The fourth-order valence-corrected chi connectivity index (χ4v) is 3.27. The summed E-state index contributed by atoms with van der Waals surface area (Å²) in [5.74, 6) is 0. The zero-order valence-corrected chi connectivity index (χ0v) is 11.8. The second-order valence-electron chi connectivity index (χ2n) is 6.44. The third-order valence-corrected chi connectivity index (χ3v) is 4.67. The lowest BCUT2D eigenvalue weighted by Gasteiger charge is -2.39. The van der Waals surface area contributed by atoms with Gasteiger partial charge in [0.25, 0.3) is 0 Å². The first-order chi connectivity index (χ1) is 8.58. The first-order valence-corrected chi connectivity index (χ1v) is 7.16. The van der Waals surface area contributed by atoms with Gasteiger partial charge in [0, 0.05) is 19.3 Å². The molecule has 0 spiro atoms. The molecule has 98 valence electrons. The van der Waals surface area contributed by atoms with Crippen molar-refractivity contribution in [2.45, 2.75) is 38.5 Å². The Bertz CT molecular complexity index is 462. The molecule has 18 heavy (non-hydrogen) atoms. The second-order valence-corrected chi connectivity index (χ2v) is 6.44. The first-order valence-electron chi connectivity index (χ1n) is 7.16. The van der Waals surface area contributed by atoms with Crippen LogP contribution in [0.1, 0.15) is 37.0 Å². The molecule has 2 aliphatic heterocycles. The van der Waals surface area contributed by atoms with Gasteiger partial charge in [-0.1, -0.05) is 19.9 Å². The summed E-state index contributed by atoms with van der Waals surface area (Å²) in [6.45, 7) is 8.21. The normalized spacial score (nSPS) is 22.1. The van der Waals surface area contributed by atoms with Gasteiger partial charge < -0.3 is 10.2 Å². The zero-order chi connectivity index (χ0) is 12.8. The quantitative estimate of drug-likeness (QED) is 0.754. The minimum absolute atomic E-state index is 0.330. The third kappa shape index (κ3) is 1.93. The van der Waals surface area contributed by atoms with Crippen LogP contribution in [-0.4, -0.2) is 26.7 Å². The molecule has 2 heterocycles. The average Bonchev–Trinajstić information content (AvgIpc) is 2.57. The molecule has 0 atom stereocenters. The molecule has 1 N–H and O–H groups in total. The maximum atomic E-state index is 3.50. The molecule has 2 nitrogen and oxygen atoms in total. The lowest BCUT2D eigenvalue weighted by Crippen LogP contribution is -2.35. The van der Waals surface area contributed by atoms with Crippen LogP contribution < -0.4 is 10.2 Å². The predicted octanol–water partition coefficient (Wildman–Crippen LogP) is 2.49. The summed E-state index contributed by atoms with van der Waals surface area (Å²) >= 11 is 0. The van der Waals surface area contributed by atoms with E-state index in [1.165, 1.54) is 31.5 Å². The SMILES string of the molecule is CN1CCC(C)(C)c2cc3c(cc21)CCNCC3. The summed E-state index contributed by atoms with van der Waals surface area (Å²) in [7, 11) is 2.23. The highest BCUT2D eigenvalue weighted by atomic mass is 15.1. The van der Waals surface area contributed by atoms with Crippen molar-refractivity contribution in [3.8, 4) is 0 Å². The smallest absolute Gasteiger partial charge is 0.0404 e. The van der Waals surface area contributed by atoms with Crippen molar-refractivity contribution < 1.29 is 0 Å². The molecule has 1 aromatic rings. The molecule has 0 unspecified atom stereocenters. The molecule has 0 fully saturated rings. The molecule has 0 amide bonds. The highest BCUT2D eigenvalue weighted by Gasteiger charge is 2.30. The lowest BCUT2D eigenvalue weighted by atomic mass is 9.76. The van der Waals surface area contributed by atoms with E-state index in [4.69, 9.17) is 0 Å². The maximum Gasteiger partial charge on any atom is 0.0404 e. The fraction of sp³-hybridized carbons (Fsp3) is 0.625. The van der Waals surface area contributed by atoms with E-state index in [-0.39, 0.29) is 0 Å². The van der Waals surface area contributed by atoms with Gasteiger partial charge in [0.1, 0.15) is 0 Å². The average molecular weight is 244 g/mol. The van der Waals surface area contributed by atoms with Crippen molar-refractivity contribution >= 4 is 5.69 Å². The van der Waals surface area contributed by atoms with E-state index in [9.17, 15) is 0 Å². The van der Waals surface area contributed by atoms with E-state index >= 15 is 0 Å². The van der Waals surface area contributed by atoms with E-state index in [1.807, 2.05) is 0 Å². The Hall–Kier alpha value is -1.02. The zero-order valence-electron chi connectivity index (χ0n) is 11.8. The van der Waals surface area contributed by atoms with Crippen LogP contribution in [0.3, 0.4) is 0 Å². The number of nitrogens with zero attached hydrogens (tertiary/aromatic N) is 1. The highest BCUT2D eigenvalue weighted by molar-refractivity contribution is 5.62. The monoisotopic (exact) mass is 244 g/mol. The number of fused-ring (bicyclic) bond motifs is 2. The molecule has 0 saturated carbocycles. The first kappa shape index (κ1) is 12.0. The van der Waals surface area contributed by atoms with E-state index < -0.39 is 0 Å². The number of rotatable bonds is 0. The molecular formula is C16H24N2.